The van der Waals surface area contributed by atoms with Gasteiger partial charge in [0.25, 0.3) is 5.56 Å². The summed E-state index contributed by atoms with van der Waals surface area (Å²) in [5.74, 6) is -0.387. The molecule has 140 valence electrons. The van der Waals surface area contributed by atoms with Crippen LogP contribution >= 0.6 is 0 Å². The van der Waals surface area contributed by atoms with Crippen LogP contribution in [0.15, 0.2) is 59.4 Å². The van der Waals surface area contributed by atoms with Crippen molar-refractivity contribution in [2.45, 2.75) is 26.8 Å². The number of nitrogens with zero attached hydrogens (tertiary/aromatic N) is 3. The number of anilines is 1. The summed E-state index contributed by atoms with van der Waals surface area (Å²) < 4.78 is 1.17. The minimum absolute atomic E-state index is 0.360. The maximum absolute atomic E-state index is 12.6. The average Bonchev–Trinajstić information content (AvgIpc) is 2.70. The lowest BCUT2D eigenvalue weighted by Gasteiger charge is -2.15. The summed E-state index contributed by atoms with van der Waals surface area (Å²) in [4.78, 5) is 24.9. The van der Waals surface area contributed by atoms with E-state index in [1.165, 1.54) is 16.3 Å². The smallest absolute Gasteiger partial charge is 0.267 e. The zero-order valence-corrected chi connectivity index (χ0v) is 15.9. The number of aryl methyl sites for hydroxylation is 2. The molecule has 0 aliphatic rings. The fourth-order valence-electron chi connectivity index (χ4n) is 2.78. The van der Waals surface area contributed by atoms with Gasteiger partial charge in [-0.3, -0.25) is 9.59 Å². The van der Waals surface area contributed by atoms with E-state index >= 15 is 0 Å². The Morgan fingerprint density at radius 3 is 2.61 bits per heavy atom. The Balaban J connectivity index is 1.89. The SMILES string of the molecule is Cc1ccc(-c2ccc(=O)n([C@H](C)C(=O)Nc3cccc(C#N)c3)n2)cc1C. The van der Waals surface area contributed by atoms with Crippen molar-refractivity contribution in [3.8, 4) is 17.3 Å². The zero-order valence-electron chi connectivity index (χ0n) is 15.9. The summed E-state index contributed by atoms with van der Waals surface area (Å²) in [6.45, 7) is 5.66. The second kappa shape index (κ2) is 7.89. The van der Waals surface area contributed by atoms with Gasteiger partial charge in [0.05, 0.1) is 17.3 Å². The fourth-order valence-corrected chi connectivity index (χ4v) is 2.78. The predicted octanol–water partition coefficient (Wildman–Crippen LogP) is 3.60. The molecule has 0 bridgehead atoms. The van der Waals surface area contributed by atoms with E-state index in [9.17, 15) is 9.59 Å². The Labute approximate surface area is 163 Å². The van der Waals surface area contributed by atoms with Crippen LogP contribution < -0.4 is 10.9 Å². The van der Waals surface area contributed by atoms with Crippen LogP contribution in [0.5, 0.6) is 0 Å². The standard InChI is InChI=1S/C22H20N4O2/c1-14-7-8-18(11-15(14)2)20-9-10-21(27)26(25-20)16(3)22(28)24-19-6-4-5-17(12-19)13-23/h4-12,16H,1-3H3,(H,24,28)/t16-/m1/s1. The van der Waals surface area contributed by atoms with Crippen LogP contribution in [0.2, 0.25) is 0 Å². The molecule has 1 amide bonds. The van der Waals surface area contributed by atoms with Crippen molar-refractivity contribution < 1.29 is 4.79 Å². The minimum atomic E-state index is -0.815. The summed E-state index contributed by atoms with van der Waals surface area (Å²) in [6.07, 6.45) is 0. The Kier molecular flexibility index (Phi) is 5.37. The van der Waals surface area contributed by atoms with Crippen molar-refractivity contribution >= 4 is 11.6 Å². The van der Waals surface area contributed by atoms with E-state index in [-0.39, 0.29) is 11.5 Å². The fraction of sp³-hybridized carbons (Fsp3) is 0.182. The van der Waals surface area contributed by atoms with Gasteiger partial charge in [-0.15, -0.1) is 0 Å². The van der Waals surface area contributed by atoms with Crippen molar-refractivity contribution in [1.82, 2.24) is 9.78 Å². The monoisotopic (exact) mass is 372 g/mol. The largest absolute Gasteiger partial charge is 0.324 e. The highest BCUT2D eigenvalue weighted by Gasteiger charge is 2.18. The molecule has 0 unspecified atom stereocenters. The van der Waals surface area contributed by atoms with Crippen molar-refractivity contribution in [3.63, 3.8) is 0 Å². The number of hydrogen-bond donors (Lipinski definition) is 1. The molecular formula is C22H20N4O2. The summed E-state index contributed by atoms with van der Waals surface area (Å²) >= 11 is 0. The lowest BCUT2D eigenvalue weighted by atomic mass is 10.0. The Morgan fingerprint density at radius 1 is 1.11 bits per heavy atom. The highest BCUT2D eigenvalue weighted by atomic mass is 16.2. The molecule has 1 aromatic heterocycles. The van der Waals surface area contributed by atoms with Crippen LogP contribution in [0.3, 0.4) is 0 Å². The van der Waals surface area contributed by atoms with Gasteiger partial charge in [0, 0.05) is 17.3 Å². The van der Waals surface area contributed by atoms with E-state index in [2.05, 4.69) is 10.4 Å². The van der Waals surface area contributed by atoms with Crippen LogP contribution in [-0.2, 0) is 4.79 Å². The molecule has 0 fully saturated rings. The van der Waals surface area contributed by atoms with Crippen LogP contribution in [0, 0.1) is 25.2 Å². The highest BCUT2D eigenvalue weighted by Crippen LogP contribution is 2.20. The number of rotatable bonds is 4. The van der Waals surface area contributed by atoms with E-state index < -0.39 is 6.04 Å². The number of nitrogens with one attached hydrogen (secondary N) is 1. The van der Waals surface area contributed by atoms with E-state index in [1.54, 1.807) is 37.3 Å². The first-order valence-electron chi connectivity index (χ1n) is 8.87. The number of carbonyl (C=O) groups is 1. The number of aromatic nitrogens is 2. The third-order valence-corrected chi connectivity index (χ3v) is 4.63. The average molecular weight is 372 g/mol. The molecule has 3 rings (SSSR count). The lowest BCUT2D eigenvalue weighted by molar-refractivity contribution is -0.119. The van der Waals surface area contributed by atoms with Crippen molar-refractivity contribution in [1.29, 1.82) is 5.26 Å². The molecule has 0 saturated carbocycles. The highest BCUT2D eigenvalue weighted by molar-refractivity contribution is 5.93. The van der Waals surface area contributed by atoms with Crippen LogP contribution in [0.4, 0.5) is 5.69 Å². The summed E-state index contributed by atoms with van der Waals surface area (Å²) in [5, 5.41) is 16.1. The van der Waals surface area contributed by atoms with Crippen LogP contribution in [0.25, 0.3) is 11.3 Å². The van der Waals surface area contributed by atoms with Crippen molar-refractivity contribution in [2.24, 2.45) is 0 Å². The number of benzene rings is 2. The summed E-state index contributed by atoms with van der Waals surface area (Å²) in [7, 11) is 0. The quantitative estimate of drug-likeness (QED) is 0.758. The van der Waals surface area contributed by atoms with Crippen molar-refractivity contribution in [2.75, 3.05) is 5.32 Å². The molecule has 1 atom stereocenters. The molecule has 2 aromatic carbocycles. The van der Waals surface area contributed by atoms with E-state index in [0.717, 1.165) is 11.1 Å². The number of amides is 1. The van der Waals surface area contributed by atoms with Gasteiger partial charge in [-0.05, 0) is 62.2 Å². The third kappa shape index (κ3) is 3.99. The zero-order chi connectivity index (χ0) is 20.3. The maximum Gasteiger partial charge on any atom is 0.267 e. The van der Waals surface area contributed by atoms with Crippen molar-refractivity contribution in [3.05, 3.63) is 81.6 Å². The summed E-state index contributed by atoms with van der Waals surface area (Å²) in [5.41, 5.74) is 4.37. The minimum Gasteiger partial charge on any atom is -0.324 e. The topological polar surface area (TPSA) is 87.8 Å². The first-order chi connectivity index (χ1) is 13.4. The molecule has 1 heterocycles. The molecule has 0 saturated heterocycles. The van der Waals surface area contributed by atoms with Gasteiger partial charge in [0.1, 0.15) is 6.04 Å². The molecule has 0 spiro atoms. The molecule has 0 aliphatic heterocycles. The van der Waals surface area contributed by atoms with Crippen LogP contribution in [-0.4, -0.2) is 15.7 Å². The van der Waals surface area contributed by atoms with E-state index in [4.69, 9.17) is 5.26 Å². The third-order valence-electron chi connectivity index (χ3n) is 4.63. The lowest BCUT2D eigenvalue weighted by Crippen LogP contribution is -2.33. The Bertz CT molecular complexity index is 1140. The van der Waals surface area contributed by atoms with Gasteiger partial charge in [-0.1, -0.05) is 18.2 Å². The first-order valence-corrected chi connectivity index (χ1v) is 8.87. The van der Waals surface area contributed by atoms with Gasteiger partial charge < -0.3 is 5.32 Å². The maximum atomic E-state index is 12.6. The van der Waals surface area contributed by atoms with E-state index in [0.29, 0.717) is 16.9 Å². The molecule has 6 nitrogen and oxygen atoms in total. The molecule has 6 heteroatoms. The number of carbonyl (C=O) groups excluding carboxylic acids is 1. The molecule has 3 aromatic rings. The molecule has 0 aliphatic carbocycles. The Hall–Kier alpha value is -3.72. The van der Waals surface area contributed by atoms with Gasteiger partial charge in [-0.2, -0.15) is 10.4 Å². The normalized spacial score (nSPS) is 11.5. The summed E-state index contributed by atoms with van der Waals surface area (Å²) in [6, 6.07) is 16.8. The molecule has 1 N–H and O–H groups in total. The van der Waals surface area contributed by atoms with Gasteiger partial charge in [0.2, 0.25) is 5.91 Å². The van der Waals surface area contributed by atoms with Gasteiger partial charge in [-0.25, -0.2) is 4.68 Å². The van der Waals surface area contributed by atoms with Gasteiger partial charge >= 0.3 is 0 Å². The Morgan fingerprint density at radius 2 is 1.89 bits per heavy atom. The van der Waals surface area contributed by atoms with E-state index in [1.807, 2.05) is 38.1 Å². The number of hydrogen-bond acceptors (Lipinski definition) is 4. The first kappa shape index (κ1) is 19.1. The number of nitriles is 1. The molecule has 28 heavy (non-hydrogen) atoms. The predicted molar refractivity (Wildman–Crippen MR) is 108 cm³/mol. The van der Waals surface area contributed by atoms with Gasteiger partial charge in [0.15, 0.2) is 0 Å². The second-order valence-electron chi connectivity index (χ2n) is 6.66. The second-order valence-corrected chi connectivity index (χ2v) is 6.66. The molecular weight excluding hydrogens is 352 g/mol. The molecule has 0 radical (unpaired) electrons. The van der Waals surface area contributed by atoms with Crippen LogP contribution in [0.1, 0.15) is 29.7 Å².